The van der Waals surface area contributed by atoms with Crippen LogP contribution in [0.15, 0.2) is 24.3 Å². The first-order valence-electron chi connectivity index (χ1n) is 8.14. The van der Waals surface area contributed by atoms with Crippen LogP contribution in [0.4, 0.5) is 0 Å². The highest BCUT2D eigenvalue weighted by Gasteiger charge is 2.34. The van der Waals surface area contributed by atoms with Crippen LogP contribution in [0.1, 0.15) is 49.4 Å². The first kappa shape index (κ1) is 12.5. The number of benzene rings is 1. The zero-order valence-electron chi connectivity index (χ0n) is 12.4. The molecule has 106 valence electrons. The van der Waals surface area contributed by atoms with Gasteiger partial charge in [0.25, 0.3) is 0 Å². The Labute approximate surface area is 121 Å². The molecule has 2 heterocycles. The van der Waals surface area contributed by atoms with Gasteiger partial charge >= 0.3 is 0 Å². The molecule has 1 saturated carbocycles. The maximum absolute atomic E-state index is 3.75. The second kappa shape index (κ2) is 4.92. The van der Waals surface area contributed by atoms with Crippen LogP contribution in [0.2, 0.25) is 0 Å². The number of nitrogens with zero attached hydrogens (tertiary/aromatic N) is 1. The molecule has 4 rings (SSSR count). The molecule has 0 radical (unpaired) electrons. The molecule has 0 amide bonds. The third-order valence-electron chi connectivity index (χ3n) is 5.43. The molecule has 2 aromatic rings. The predicted molar refractivity (Wildman–Crippen MR) is 83.9 cm³/mol. The lowest BCUT2D eigenvalue weighted by Gasteiger charge is -2.39. The Balaban J connectivity index is 1.80. The third-order valence-corrected chi connectivity index (χ3v) is 5.43. The van der Waals surface area contributed by atoms with Crippen molar-refractivity contribution in [1.82, 2.24) is 9.88 Å². The number of likely N-dealkylation sites (N-methyl/N-ethyl adjacent to an activating group) is 1. The van der Waals surface area contributed by atoms with Gasteiger partial charge < -0.3 is 4.98 Å². The van der Waals surface area contributed by atoms with Gasteiger partial charge in [0.05, 0.1) is 6.04 Å². The summed E-state index contributed by atoms with van der Waals surface area (Å²) in [5, 5.41) is 1.46. The lowest BCUT2D eigenvalue weighted by atomic mass is 9.79. The number of rotatable bonds is 1. The summed E-state index contributed by atoms with van der Waals surface area (Å²) >= 11 is 0. The Bertz CT molecular complexity index is 607. The molecule has 0 saturated heterocycles. The molecule has 1 fully saturated rings. The molecule has 2 aliphatic rings. The SMILES string of the molecule is CN1CCc2c([nH]c3ccccc23)C1C1CCCCC1. The minimum absolute atomic E-state index is 0.617. The van der Waals surface area contributed by atoms with E-state index in [-0.39, 0.29) is 0 Å². The summed E-state index contributed by atoms with van der Waals surface area (Å²) in [5.41, 5.74) is 4.44. The van der Waals surface area contributed by atoms with Gasteiger partial charge in [-0.05, 0) is 43.9 Å². The molecule has 0 bridgehead atoms. The highest BCUT2D eigenvalue weighted by molar-refractivity contribution is 5.85. The van der Waals surface area contributed by atoms with Gasteiger partial charge in [0.2, 0.25) is 0 Å². The molecule has 1 aromatic carbocycles. The zero-order chi connectivity index (χ0) is 13.5. The molecule has 1 N–H and O–H groups in total. The first-order chi connectivity index (χ1) is 9.84. The lowest BCUT2D eigenvalue weighted by Crippen LogP contribution is -2.37. The van der Waals surface area contributed by atoms with Gasteiger partial charge in [0.1, 0.15) is 0 Å². The van der Waals surface area contributed by atoms with Gasteiger partial charge in [-0.15, -0.1) is 0 Å². The van der Waals surface area contributed by atoms with Crippen LogP contribution in [-0.4, -0.2) is 23.5 Å². The maximum atomic E-state index is 3.75. The van der Waals surface area contributed by atoms with Gasteiger partial charge in [-0.2, -0.15) is 0 Å². The van der Waals surface area contributed by atoms with Crippen molar-refractivity contribution in [3.8, 4) is 0 Å². The van der Waals surface area contributed by atoms with E-state index in [1.54, 1.807) is 5.56 Å². The molecule has 1 aliphatic carbocycles. The van der Waals surface area contributed by atoms with Gasteiger partial charge in [-0.3, -0.25) is 4.90 Å². The van der Waals surface area contributed by atoms with Gasteiger partial charge in [0.15, 0.2) is 0 Å². The van der Waals surface area contributed by atoms with E-state index in [1.165, 1.54) is 61.7 Å². The second-order valence-corrected chi connectivity index (χ2v) is 6.64. The van der Waals surface area contributed by atoms with Crippen LogP contribution in [0.5, 0.6) is 0 Å². The average Bonchev–Trinajstić information content (AvgIpc) is 2.86. The number of aromatic nitrogens is 1. The Morgan fingerprint density at radius 2 is 1.90 bits per heavy atom. The van der Waals surface area contributed by atoms with Crippen LogP contribution in [0.25, 0.3) is 10.9 Å². The van der Waals surface area contributed by atoms with E-state index < -0.39 is 0 Å². The molecular formula is C18H24N2. The van der Waals surface area contributed by atoms with Crippen LogP contribution in [0, 0.1) is 5.92 Å². The van der Waals surface area contributed by atoms with E-state index >= 15 is 0 Å². The molecule has 1 aromatic heterocycles. The predicted octanol–water partition coefficient (Wildman–Crippen LogP) is 4.28. The van der Waals surface area contributed by atoms with Crippen molar-refractivity contribution < 1.29 is 0 Å². The Morgan fingerprint density at radius 3 is 2.75 bits per heavy atom. The standard InChI is InChI=1S/C18H24N2/c1-20-12-11-15-14-9-5-6-10-16(14)19-17(15)18(20)13-7-3-2-4-8-13/h5-6,9-10,13,18-19H,2-4,7-8,11-12H2,1H3. The van der Waals surface area contributed by atoms with E-state index in [2.05, 4.69) is 41.2 Å². The fourth-order valence-electron chi connectivity index (χ4n) is 4.44. The summed E-state index contributed by atoms with van der Waals surface area (Å²) in [6.45, 7) is 1.20. The van der Waals surface area contributed by atoms with Crippen LogP contribution < -0.4 is 0 Å². The Hall–Kier alpha value is -1.28. The molecular weight excluding hydrogens is 244 g/mol. The summed E-state index contributed by atoms with van der Waals surface area (Å²) in [7, 11) is 2.31. The number of H-pyrrole nitrogens is 1. The molecule has 0 spiro atoms. The molecule has 1 unspecified atom stereocenters. The number of aromatic amines is 1. The first-order valence-corrected chi connectivity index (χ1v) is 8.14. The highest BCUT2D eigenvalue weighted by Crippen LogP contribution is 2.42. The zero-order valence-corrected chi connectivity index (χ0v) is 12.4. The molecule has 2 heteroatoms. The average molecular weight is 268 g/mol. The number of hydrogen-bond acceptors (Lipinski definition) is 1. The van der Waals surface area contributed by atoms with Gasteiger partial charge in [-0.25, -0.2) is 0 Å². The van der Waals surface area contributed by atoms with Crippen LogP contribution in [-0.2, 0) is 6.42 Å². The lowest BCUT2D eigenvalue weighted by molar-refractivity contribution is 0.132. The molecule has 1 atom stereocenters. The number of nitrogens with one attached hydrogen (secondary N) is 1. The fourth-order valence-corrected chi connectivity index (χ4v) is 4.44. The number of para-hydroxylation sites is 1. The largest absolute Gasteiger partial charge is 0.357 e. The topological polar surface area (TPSA) is 19.0 Å². The minimum Gasteiger partial charge on any atom is -0.357 e. The van der Waals surface area contributed by atoms with Gasteiger partial charge in [0, 0.05) is 23.1 Å². The molecule has 2 nitrogen and oxygen atoms in total. The van der Waals surface area contributed by atoms with Gasteiger partial charge in [-0.1, -0.05) is 37.5 Å². The van der Waals surface area contributed by atoms with E-state index in [4.69, 9.17) is 0 Å². The number of fused-ring (bicyclic) bond motifs is 3. The van der Waals surface area contributed by atoms with Crippen molar-refractivity contribution in [3.05, 3.63) is 35.5 Å². The Kier molecular flexibility index (Phi) is 3.07. The molecule has 1 aliphatic heterocycles. The van der Waals surface area contributed by atoms with E-state index in [9.17, 15) is 0 Å². The van der Waals surface area contributed by atoms with Crippen molar-refractivity contribution in [3.63, 3.8) is 0 Å². The summed E-state index contributed by atoms with van der Waals surface area (Å²) in [5.74, 6) is 0.848. The van der Waals surface area contributed by atoms with E-state index in [0.29, 0.717) is 6.04 Å². The minimum atomic E-state index is 0.617. The summed E-state index contributed by atoms with van der Waals surface area (Å²) in [6, 6.07) is 9.44. The van der Waals surface area contributed by atoms with E-state index in [1.807, 2.05) is 0 Å². The quantitative estimate of drug-likeness (QED) is 0.818. The Morgan fingerprint density at radius 1 is 1.10 bits per heavy atom. The van der Waals surface area contributed by atoms with Crippen molar-refractivity contribution in [2.75, 3.05) is 13.6 Å². The van der Waals surface area contributed by atoms with Crippen LogP contribution >= 0.6 is 0 Å². The normalized spacial score (nSPS) is 24.9. The molecule has 20 heavy (non-hydrogen) atoms. The smallest absolute Gasteiger partial charge is 0.0527 e. The monoisotopic (exact) mass is 268 g/mol. The summed E-state index contributed by atoms with van der Waals surface area (Å²) in [4.78, 5) is 6.34. The number of hydrogen-bond donors (Lipinski definition) is 1. The van der Waals surface area contributed by atoms with Crippen molar-refractivity contribution in [2.24, 2.45) is 5.92 Å². The van der Waals surface area contributed by atoms with Crippen molar-refractivity contribution >= 4 is 10.9 Å². The fraction of sp³-hybridized carbons (Fsp3) is 0.556. The maximum Gasteiger partial charge on any atom is 0.0527 e. The summed E-state index contributed by atoms with van der Waals surface area (Å²) < 4.78 is 0. The van der Waals surface area contributed by atoms with Crippen molar-refractivity contribution in [2.45, 2.75) is 44.6 Å². The summed E-state index contributed by atoms with van der Waals surface area (Å²) in [6.07, 6.45) is 8.29. The highest BCUT2D eigenvalue weighted by atomic mass is 15.2. The third kappa shape index (κ3) is 1.89. The van der Waals surface area contributed by atoms with Crippen molar-refractivity contribution in [1.29, 1.82) is 0 Å². The second-order valence-electron chi connectivity index (χ2n) is 6.64. The van der Waals surface area contributed by atoms with Crippen LogP contribution in [0.3, 0.4) is 0 Å². The van der Waals surface area contributed by atoms with E-state index in [0.717, 1.165) is 5.92 Å².